The number of rotatable bonds is 1. The van der Waals surface area contributed by atoms with Gasteiger partial charge in [-0.2, -0.15) is 0 Å². The normalized spacial score (nSPS) is 18.6. The molecule has 1 nitrogen and oxygen atoms in total. The van der Waals surface area contributed by atoms with Crippen LogP contribution in [0.4, 0.5) is 0 Å². The SMILES string of the molecule is CC.CC.c1ccc(C2CCCCN2)cc1. The Hall–Kier alpha value is -0.820. The topological polar surface area (TPSA) is 12.0 Å². The zero-order valence-corrected chi connectivity index (χ0v) is 11.3. The molecule has 1 heterocycles. The molecule has 0 radical (unpaired) electrons. The van der Waals surface area contributed by atoms with Gasteiger partial charge in [-0.25, -0.2) is 0 Å². The summed E-state index contributed by atoms with van der Waals surface area (Å²) in [7, 11) is 0. The van der Waals surface area contributed by atoms with Crippen LogP contribution in [-0.4, -0.2) is 6.54 Å². The molecule has 16 heavy (non-hydrogen) atoms. The molecule has 2 rings (SSSR count). The minimum Gasteiger partial charge on any atom is -0.310 e. The molecule has 0 aliphatic carbocycles. The summed E-state index contributed by atoms with van der Waals surface area (Å²) in [6.07, 6.45) is 4.00. The highest BCUT2D eigenvalue weighted by Crippen LogP contribution is 2.21. The van der Waals surface area contributed by atoms with Crippen LogP contribution in [0.5, 0.6) is 0 Å². The highest BCUT2D eigenvalue weighted by Gasteiger charge is 2.13. The zero-order valence-electron chi connectivity index (χ0n) is 11.3. The Morgan fingerprint density at radius 3 is 2.06 bits per heavy atom. The van der Waals surface area contributed by atoms with Crippen molar-refractivity contribution in [2.45, 2.75) is 53.0 Å². The van der Waals surface area contributed by atoms with Gasteiger partial charge in [-0.15, -0.1) is 0 Å². The molecule has 1 atom stereocenters. The van der Waals surface area contributed by atoms with Gasteiger partial charge >= 0.3 is 0 Å². The van der Waals surface area contributed by atoms with Crippen LogP contribution in [-0.2, 0) is 0 Å². The average Bonchev–Trinajstić information content (AvgIpc) is 2.45. The van der Waals surface area contributed by atoms with Gasteiger partial charge in [0.15, 0.2) is 0 Å². The fourth-order valence-electron chi connectivity index (χ4n) is 1.82. The Bertz CT molecular complexity index is 224. The molecule has 1 heteroatoms. The molecule has 1 aromatic rings. The van der Waals surface area contributed by atoms with Crippen LogP contribution in [0.1, 0.15) is 58.6 Å². The highest BCUT2D eigenvalue weighted by atomic mass is 14.9. The number of piperidine rings is 1. The van der Waals surface area contributed by atoms with Crippen LogP contribution in [0, 0.1) is 0 Å². The fourth-order valence-corrected chi connectivity index (χ4v) is 1.82. The van der Waals surface area contributed by atoms with Crippen molar-refractivity contribution >= 4 is 0 Å². The van der Waals surface area contributed by atoms with Crippen molar-refractivity contribution in [3.8, 4) is 0 Å². The summed E-state index contributed by atoms with van der Waals surface area (Å²) in [5.41, 5.74) is 1.44. The van der Waals surface area contributed by atoms with E-state index in [9.17, 15) is 0 Å². The number of nitrogens with one attached hydrogen (secondary N) is 1. The molecule has 0 spiro atoms. The smallest absolute Gasteiger partial charge is 0.0320 e. The molecule has 1 saturated heterocycles. The predicted molar refractivity (Wildman–Crippen MR) is 73.7 cm³/mol. The number of hydrogen-bond donors (Lipinski definition) is 1. The zero-order chi connectivity index (χ0) is 12.2. The van der Waals surface area contributed by atoms with E-state index < -0.39 is 0 Å². The summed E-state index contributed by atoms with van der Waals surface area (Å²) in [5, 5.41) is 3.54. The van der Waals surface area contributed by atoms with Gasteiger partial charge in [0, 0.05) is 6.04 Å². The lowest BCUT2D eigenvalue weighted by molar-refractivity contribution is 0.412. The van der Waals surface area contributed by atoms with E-state index in [1.807, 2.05) is 27.7 Å². The Morgan fingerprint density at radius 2 is 1.56 bits per heavy atom. The van der Waals surface area contributed by atoms with Crippen LogP contribution in [0.3, 0.4) is 0 Å². The van der Waals surface area contributed by atoms with Crippen molar-refractivity contribution < 1.29 is 0 Å². The second-order valence-electron chi connectivity index (χ2n) is 3.41. The molecule has 1 aromatic carbocycles. The summed E-state index contributed by atoms with van der Waals surface area (Å²) < 4.78 is 0. The van der Waals surface area contributed by atoms with Crippen molar-refractivity contribution in [3.05, 3.63) is 35.9 Å². The summed E-state index contributed by atoms with van der Waals surface area (Å²) in [6, 6.07) is 11.3. The molecule has 1 aliphatic heterocycles. The first-order valence-corrected chi connectivity index (χ1v) is 6.75. The van der Waals surface area contributed by atoms with E-state index in [1.54, 1.807) is 0 Å². The second-order valence-corrected chi connectivity index (χ2v) is 3.41. The van der Waals surface area contributed by atoms with Gasteiger partial charge in [-0.1, -0.05) is 64.4 Å². The predicted octanol–water partition coefficient (Wildman–Crippen LogP) is 4.55. The molecule has 0 aromatic heterocycles. The van der Waals surface area contributed by atoms with E-state index in [0.29, 0.717) is 6.04 Å². The summed E-state index contributed by atoms with van der Waals surface area (Å²) >= 11 is 0. The molecule has 1 fully saturated rings. The van der Waals surface area contributed by atoms with Crippen molar-refractivity contribution in [3.63, 3.8) is 0 Å². The Labute approximate surface area is 101 Å². The van der Waals surface area contributed by atoms with E-state index >= 15 is 0 Å². The van der Waals surface area contributed by atoms with E-state index in [2.05, 4.69) is 35.6 Å². The van der Waals surface area contributed by atoms with Gasteiger partial charge in [0.05, 0.1) is 0 Å². The quantitative estimate of drug-likeness (QED) is 0.733. The van der Waals surface area contributed by atoms with Crippen LogP contribution < -0.4 is 5.32 Å². The molecule has 1 aliphatic rings. The number of benzene rings is 1. The van der Waals surface area contributed by atoms with E-state index in [-0.39, 0.29) is 0 Å². The van der Waals surface area contributed by atoms with E-state index in [4.69, 9.17) is 0 Å². The van der Waals surface area contributed by atoms with Gasteiger partial charge in [0.25, 0.3) is 0 Å². The molecular formula is C15H27N. The second kappa shape index (κ2) is 10.7. The lowest BCUT2D eigenvalue weighted by atomic mass is 9.98. The minimum absolute atomic E-state index is 0.611. The molecule has 1 unspecified atom stereocenters. The third-order valence-electron chi connectivity index (χ3n) is 2.51. The van der Waals surface area contributed by atoms with Crippen LogP contribution in [0.15, 0.2) is 30.3 Å². The fraction of sp³-hybridized carbons (Fsp3) is 0.600. The van der Waals surface area contributed by atoms with Gasteiger partial charge in [-0.05, 0) is 24.9 Å². The Kier molecular flexibility index (Phi) is 10.1. The maximum Gasteiger partial charge on any atom is 0.0320 e. The van der Waals surface area contributed by atoms with Gasteiger partial charge in [0.2, 0.25) is 0 Å². The highest BCUT2D eigenvalue weighted by molar-refractivity contribution is 5.19. The lowest BCUT2D eigenvalue weighted by Gasteiger charge is -2.23. The minimum atomic E-state index is 0.611. The third-order valence-corrected chi connectivity index (χ3v) is 2.51. The first-order chi connectivity index (χ1) is 7.97. The van der Waals surface area contributed by atoms with E-state index in [1.165, 1.54) is 31.4 Å². The molecule has 92 valence electrons. The van der Waals surface area contributed by atoms with Gasteiger partial charge in [0.1, 0.15) is 0 Å². The van der Waals surface area contributed by atoms with Crippen molar-refractivity contribution in [2.24, 2.45) is 0 Å². The van der Waals surface area contributed by atoms with Crippen LogP contribution in [0.25, 0.3) is 0 Å². The molecule has 0 amide bonds. The third kappa shape index (κ3) is 5.32. The summed E-state index contributed by atoms with van der Waals surface area (Å²) in [5.74, 6) is 0. The summed E-state index contributed by atoms with van der Waals surface area (Å²) in [6.45, 7) is 9.18. The maximum absolute atomic E-state index is 3.54. The first kappa shape index (κ1) is 15.2. The Balaban J connectivity index is 0.000000509. The monoisotopic (exact) mass is 221 g/mol. The van der Waals surface area contributed by atoms with E-state index in [0.717, 1.165) is 0 Å². The molecule has 1 N–H and O–H groups in total. The van der Waals surface area contributed by atoms with Gasteiger partial charge < -0.3 is 5.32 Å². The molecular weight excluding hydrogens is 194 g/mol. The standard InChI is InChI=1S/C11H15N.2C2H6/c1-2-6-10(7-3-1)11-8-4-5-9-12-11;2*1-2/h1-3,6-7,11-12H,4-5,8-9H2;2*1-2H3. The maximum atomic E-state index is 3.54. The summed E-state index contributed by atoms with van der Waals surface area (Å²) in [4.78, 5) is 0. The van der Waals surface area contributed by atoms with Crippen LogP contribution >= 0.6 is 0 Å². The van der Waals surface area contributed by atoms with Crippen molar-refractivity contribution in [1.29, 1.82) is 0 Å². The average molecular weight is 221 g/mol. The lowest BCUT2D eigenvalue weighted by Crippen LogP contribution is -2.26. The molecule has 0 saturated carbocycles. The van der Waals surface area contributed by atoms with Crippen molar-refractivity contribution in [2.75, 3.05) is 6.54 Å². The first-order valence-electron chi connectivity index (χ1n) is 6.75. The Morgan fingerprint density at radius 1 is 0.938 bits per heavy atom. The number of hydrogen-bond acceptors (Lipinski definition) is 1. The van der Waals surface area contributed by atoms with Gasteiger partial charge in [-0.3, -0.25) is 0 Å². The molecule has 0 bridgehead atoms. The largest absolute Gasteiger partial charge is 0.310 e. The van der Waals surface area contributed by atoms with Crippen LogP contribution in [0.2, 0.25) is 0 Å². The van der Waals surface area contributed by atoms with Crippen molar-refractivity contribution in [1.82, 2.24) is 5.32 Å².